The van der Waals surface area contributed by atoms with Crippen molar-refractivity contribution >= 4 is 46.2 Å². The Morgan fingerprint density at radius 2 is 1.88 bits per heavy atom. The van der Waals surface area contributed by atoms with E-state index in [1.54, 1.807) is 54.5 Å². The summed E-state index contributed by atoms with van der Waals surface area (Å²) in [5, 5.41) is 7.22. The fraction of sp³-hybridized carbons (Fsp3) is 0.200. The Kier molecular flexibility index (Phi) is 5.58. The number of carbonyl (C=O) groups is 1. The van der Waals surface area contributed by atoms with Crippen LogP contribution in [0.15, 0.2) is 66.7 Å². The van der Waals surface area contributed by atoms with Crippen LogP contribution < -0.4 is 25.0 Å². The molecule has 3 unspecified atom stereocenters. The van der Waals surface area contributed by atoms with Crippen molar-refractivity contribution < 1.29 is 18.7 Å². The maximum atomic E-state index is 13.7. The number of nitrogens with one attached hydrogen (secondary N) is 2. The van der Waals surface area contributed by atoms with Gasteiger partial charge < -0.3 is 20.1 Å². The van der Waals surface area contributed by atoms with Crippen LogP contribution in [0.3, 0.4) is 0 Å². The zero-order valence-electron chi connectivity index (χ0n) is 18.3. The minimum atomic E-state index is -1.21. The first-order valence-electron chi connectivity index (χ1n) is 10.6. The standard InChI is InChI=1S/C25H21ClFN3O3S/c1-25-21(23(31)28-16-7-3-14(26)4-8-16)22(19-13-18(32-2)11-12-20(19)33-25)29-24(34)30(25)17-9-5-15(27)6-10-17/h3-13,21-22H,1-2H3,(H,28,31)(H,29,34). The minimum Gasteiger partial charge on any atom is -0.497 e. The molecule has 6 nitrogen and oxygen atoms in total. The molecule has 1 saturated heterocycles. The zero-order chi connectivity index (χ0) is 24.0. The SMILES string of the molecule is COc1ccc2c(c1)C1NC(=S)N(c3ccc(F)cc3)C(C)(O2)C1C(=O)Nc1ccc(Cl)cc1. The van der Waals surface area contributed by atoms with Crippen LogP contribution in [0.25, 0.3) is 0 Å². The van der Waals surface area contributed by atoms with Crippen LogP contribution in [-0.4, -0.2) is 23.9 Å². The Hall–Kier alpha value is -3.36. The van der Waals surface area contributed by atoms with Crippen LogP contribution >= 0.6 is 23.8 Å². The van der Waals surface area contributed by atoms with Gasteiger partial charge in [-0.2, -0.15) is 0 Å². The molecular weight excluding hydrogens is 477 g/mol. The molecule has 0 radical (unpaired) electrons. The summed E-state index contributed by atoms with van der Waals surface area (Å²) in [7, 11) is 1.58. The predicted octanol–water partition coefficient (Wildman–Crippen LogP) is 5.29. The number of thiocarbonyl (C=S) groups is 1. The van der Waals surface area contributed by atoms with Crippen molar-refractivity contribution in [3.05, 3.63) is 83.1 Å². The fourth-order valence-corrected chi connectivity index (χ4v) is 5.16. The molecule has 2 aliphatic rings. The minimum absolute atomic E-state index is 0.273. The van der Waals surface area contributed by atoms with E-state index >= 15 is 0 Å². The van der Waals surface area contributed by atoms with Gasteiger partial charge in [0.2, 0.25) is 5.91 Å². The number of nitrogens with zero attached hydrogens (tertiary/aromatic N) is 1. The summed E-state index contributed by atoms with van der Waals surface area (Å²) in [5.41, 5.74) is 0.752. The van der Waals surface area contributed by atoms with Gasteiger partial charge in [0, 0.05) is 22.0 Å². The number of amides is 1. The lowest BCUT2D eigenvalue weighted by atomic mass is 9.78. The number of rotatable bonds is 4. The first-order valence-corrected chi connectivity index (χ1v) is 11.4. The van der Waals surface area contributed by atoms with E-state index in [-0.39, 0.29) is 11.7 Å². The van der Waals surface area contributed by atoms with Crippen LogP contribution in [0.4, 0.5) is 15.8 Å². The lowest BCUT2D eigenvalue weighted by Crippen LogP contribution is -2.72. The van der Waals surface area contributed by atoms with Crippen LogP contribution in [0.5, 0.6) is 11.5 Å². The van der Waals surface area contributed by atoms with Gasteiger partial charge in [0.25, 0.3) is 0 Å². The third kappa shape index (κ3) is 3.73. The van der Waals surface area contributed by atoms with Gasteiger partial charge in [0.05, 0.1) is 13.2 Å². The van der Waals surface area contributed by atoms with Crippen molar-refractivity contribution in [1.82, 2.24) is 5.32 Å². The van der Waals surface area contributed by atoms with Crippen molar-refractivity contribution in [2.75, 3.05) is 17.3 Å². The Balaban J connectivity index is 1.62. The Morgan fingerprint density at radius 1 is 1.18 bits per heavy atom. The molecule has 3 atom stereocenters. The lowest BCUT2D eigenvalue weighted by Gasteiger charge is -2.56. The van der Waals surface area contributed by atoms with Crippen LogP contribution in [0.1, 0.15) is 18.5 Å². The molecule has 2 heterocycles. The first-order chi connectivity index (χ1) is 16.3. The van der Waals surface area contributed by atoms with Crippen LogP contribution in [0, 0.1) is 11.7 Å². The third-order valence-electron chi connectivity index (χ3n) is 6.18. The van der Waals surface area contributed by atoms with Crippen molar-refractivity contribution in [2.45, 2.75) is 18.7 Å². The summed E-state index contributed by atoms with van der Waals surface area (Å²) in [6.07, 6.45) is 0. The van der Waals surface area contributed by atoms with Crippen molar-refractivity contribution in [2.24, 2.45) is 5.92 Å². The van der Waals surface area contributed by atoms with Gasteiger partial charge in [0.15, 0.2) is 10.8 Å². The third-order valence-corrected chi connectivity index (χ3v) is 6.74. The number of hydrogen-bond acceptors (Lipinski definition) is 4. The highest BCUT2D eigenvalue weighted by Gasteiger charge is 2.59. The zero-order valence-corrected chi connectivity index (χ0v) is 19.9. The Bertz CT molecular complexity index is 1270. The largest absolute Gasteiger partial charge is 0.497 e. The van der Waals surface area contributed by atoms with Crippen molar-refractivity contribution in [3.63, 3.8) is 0 Å². The summed E-state index contributed by atoms with van der Waals surface area (Å²) < 4.78 is 25.6. The van der Waals surface area contributed by atoms with Crippen molar-refractivity contribution in [3.8, 4) is 11.5 Å². The Morgan fingerprint density at radius 3 is 2.56 bits per heavy atom. The quantitative estimate of drug-likeness (QED) is 0.478. The molecule has 5 rings (SSSR count). The average molecular weight is 498 g/mol. The summed E-state index contributed by atoms with van der Waals surface area (Å²) in [4.78, 5) is 15.5. The van der Waals surface area contributed by atoms with E-state index in [4.69, 9.17) is 33.3 Å². The van der Waals surface area contributed by atoms with Gasteiger partial charge in [-0.05, 0) is 85.9 Å². The molecule has 9 heteroatoms. The van der Waals surface area contributed by atoms with Gasteiger partial charge in [0.1, 0.15) is 23.2 Å². The summed E-state index contributed by atoms with van der Waals surface area (Å²) in [6, 6.07) is 17.7. The molecule has 0 aromatic heterocycles. The highest BCUT2D eigenvalue weighted by atomic mass is 35.5. The van der Waals surface area contributed by atoms with E-state index < -0.39 is 17.7 Å². The molecule has 2 bridgehead atoms. The summed E-state index contributed by atoms with van der Waals surface area (Å²) >= 11 is 11.7. The van der Waals surface area contributed by atoms with Crippen LogP contribution in [-0.2, 0) is 4.79 Å². The molecule has 2 aliphatic heterocycles. The van der Waals surface area contributed by atoms with E-state index in [1.807, 2.05) is 19.1 Å². The second kappa shape index (κ2) is 8.45. The first kappa shape index (κ1) is 22.4. The van der Waals surface area contributed by atoms with Crippen LogP contribution in [0.2, 0.25) is 5.02 Å². The van der Waals surface area contributed by atoms with Gasteiger partial charge in [-0.1, -0.05) is 11.6 Å². The number of benzene rings is 3. The summed E-state index contributed by atoms with van der Waals surface area (Å²) in [5.74, 6) is -0.144. The van der Waals surface area contributed by atoms with Gasteiger partial charge in [-0.3, -0.25) is 9.69 Å². The van der Waals surface area contributed by atoms with E-state index in [0.717, 1.165) is 5.56 Å². The number of fused-ring (bicyclic) bond motifs is 4. The highest BCUT2D eigenvalue weighted by molar-refractivity contribution is 7.80. The fourth-order valence-electron chi connectivity index (χ4n) is 4.62. The topological polar surface area (TPSA) is 62.8 Å². The molecule has 2 N–H and O–H groups in total. The summed E-state index contributed by atoms with van der Waals surface area (Å²) in [6.45, 7) is 1.82. The second-order valence-corrected chi connectivity index (χ2v) is 9.10. The smallest absolute Gasteiger partial charge is 0.236 e. The van der Waals surface area contributed by atoms with E-state index in [0.29, 0.717) is 33.0 Å². The van der Waals surface area contributed by atoms with E-state index in [2.05, 4.69) is 10.6 Å². The molecular formula is C25H21ClFN3O3S. The van der Waals surface area contributed by atoms with E-state index in [1.165, 1.54) is 12.1 Å². The molecule has 1 fully saturated rings. The van der Waals surface area contributed by atoms with Gasteiger partial charge in [-0.15, -0.1) is 0 Å². The molecule has 34 heavy (non-hydrogen) atoms. The Labute approximate surface area is 206 Å². The molecule has 3 aromatic carbocycles. The maximum Gasteiger partial charge on any atom is 0.236 e. The van der Waals surface area contributed by atoms with E-state index in [9.17, 15) is 9.18 Å². The molecule has 0 aliphatic carbocycles. The van der Waals surface area contributed by atoms with Crippen molar-refractivity contribution in [1.29, 1.82) is 0 Å². The number of hydrogen-bond donors (Lipinski definition) is 2. The number of carbonyl (C=O) groups excluding carboxylic acids is 1. The maximum absolute atomic E-state index is 13.7. The number of methoxy groups -OCH3 is 1. The monoisotopic (exact) mass is 497 g/mol. The molecule has 0 spiro atoms. The highest BCUT2D eigenvalue weighted by Crippen LogP contribution is 2.50. The number of halogens is 2. The second-order valence-electron chi connectivity index (χ2n) is 8.27. The lowest BCUT2D eigenvalue weighted by molar-refractivity contribution is -0.130. The normalized spacial score (nSPS) is 22.8. The molecule has 174 valence electrons. The molecule has 3 aromatic rings. The number of ether oxygens (including phenoxy) is 2. The molecule has 1 amide bonds. The molecule has 0 saturated carbocycles. The van der Waals surface area contributed by atoms with Gasteiger partial charge >= 0.3 is 0 Å². The average Bonchev–Trinajstić information content (AvgIpc) is 2.81. The van der Waals surface area contributed by atoms with Gasteiger partial charge in [-0.25, -0.2) is 4.39 Å². The number of anilines is 2. The predicted molar refractivity (Wildman–Crippen MR) is 133 cm³/mol.